The lowest BCUT2D eigenvalue weighted by Crippen LogP contribution is -1.77. The van der Waals surface area contributed by atoms with Gasteiger partial charge < -0.3 is 4.98 Å². The van der Waals surface area contributed by atoms with Gasteiger partial charge in [0.05, 0.1) is 0 Å². The quantitative estimate of drug-likeness (QED) is 0.750. The van der Waals surface area contributed by atoms with E-state index in [-0.39, 0.29) is 0 Å². The standard InChI is InChI=1S/C10H9N3/c1(9-3-4-11-5-9)2-10-6-12-8-13-7-10/h1-8,11H/b2-1+. The smallest absolute Gasteiger partial charge is 0.115 e. The number of aromatic amines is 1. The third kappa shape index (κ3) is 2.02. The molecule has 0 bridgehead atoms. The Morgan fingerprint density at radius 2 is 1.85 bits per heavy atom. The van der Waals surface area contributed by atoms with E-state index < -0.39 is 0 Å². The summed E-state index contributed by atoms with van der Waals surface area (Å²) in [5, 5.41) is 0. The molecule has 0 saturated heterocycles. The molecule has 0 amide bonds. The largest absolute Gasteiger partial charge is 0.367 e. The van der Waals surface area contributed by atoms with E-state index in [1.807, 2.05) is 30.6 Å². The van der Waals surface area contributed by atoms with Gasteiger partial charge in [0.1, 0.15) is 6.33 Å². The van der Waals surface area contributed by atoms with Gasteiger partial charge in [0.15, 0.2) is 0 Å². The Morgan fingerprint density at radius 3 is 2.54 bits per heavy atom. The maximum Gasteiger partial charge on any atom is 0.115 e. The lowest BCUT2D eigenvalue weighted by molar-refractivity contribution is 1.16. The van der Waals surface area contributed by atoms with Crippen molar-refractivity contribution in [1.29, 1.82) is 0 Å². The zero-order valence-corrected chi connectivity index (χ0v) is 7.01. The molecule has 0 aliphatic carbocycles. The molecular weight excluding hydrogens is 162 g/mol. The summed E-state index contributed by atoms with van der Waals surface area (Å²) in [6.07, 6.45) is 12.9. The van der Waals surface area contributed by atoms with Crippen molar-refractivity contribution in [2.75, 3.05) is 0 Å². The Labute approximate surface area is 76.2 Å². The molecule has 0 aromatic carbocycles. The van der Waals surface area contributed by atoms with Gasteiger partial charge in [-0.1, -0.05) is 12.2 Å². The van der Waals surface area contributed by atoms with Gasteiger partial charge in [-0.3, -0.25) is 0 Å². The van der Waals surface area contributed by atoms with Crippen molar-refractivity contribution >= 4 is 12.2 Å². The molecule has 0 fully saturated rings. The van der Waals surface area contributed by atoms with Crippen LogP contribution in [0.1, 0.15) is 11.1 Å². The van der Waals surface area contributed by atoms with Gasteiger partial charge in [0, 0.05) is 30.4 Å². The normalized spacial score (nSPS) is 10.8. The molecule has 3 heteroatoms. The summed E-state index contributed by atoms with van der Waals surface area (Å²) in [6.45, 7) is 0. The van der Waals surface area contributed by atoms with E-state index in [4.69, 9.17) is 0 Å². The van der Waals surface area contributed by atoms with Crippen molar-refractivity contribution in [1.82, 2.24) is 15.0 Å². The Balaban J connectivity index is 2.15. The zero-order valence-electron chi connectivity index (χ0n) is 7.01. The summed E-state index contributed by atoms with van der Waals surface area (Å²) in [6, 6.07) is 2.00. The van der Waals surface area contributed by atoms with E-state index in [0.29, 0.717) is 0 Å². The van der Waals surface area contributed by atoms with Gasteiger partial charge in [-0.2, -0.15) is 0 Å². The van der Waals surface area contributed by atoms with Gasteiger partial charge in [0.2, 0.25) is 0 Å². The van der Waals surface area contributed by atoms with Crippen LogP contribution in [-0.4, -0.2) is 15.0 Å². The Hall–Kier alpha value is -1.90. The molecule has 0 saturated carbocycles. The molecule has 2 heterocycles. The predicted molar refractivity (Wildman–Crippen MR) is 51.8 cm³/mol. The molecule has 0 radical (unpaired) electrons. The van der Waals surface area contributed by atoms with E-state index in [2.05, 4.69) is 15.0 Å². The molecule has 13 heavy (non-hydrogen) atoms. The SMILES string of the molecule is C(=C\c1cc[nH]c1)/c1cncnc1. The van der Waals surface area contributed by atoms with Crippen LogP contribution in [0.2, 0.25) is 0 Å². The maximum atomic E-state index is 3.91. The molecule has 0 aliphatic rings. The van der Waals surface area contributed by atoms with Crippen molar-refractivity contribution < 1.29 is 0 Å². The number of nitrogens with one attached hydrogen (secondary N) is 1. The molecule has 0 spiro atoms. The first-order chi connectivity index (χ1) is 6.45. The van der Waals surface area contributed by atoms with Crippen LogP contribution < -0.4 is 0 Å². The van der Waals surface area contributed by atoms with Crippen LogP contribution in [-0.2, 0) is 0 Å². The highest BCUT2D eigenvalue weighted by atomic mass is 14.8. The van der Waals surface area contributed by atoms with Crippen LogP contribution in [0.15, 0.2) is 37.2 Å². The van der Waals surface area contributed by atoms with Crippen molar-refractivity contribution in [3.8, 4) is 0 Å². The van der Waals surface area contributed by atoms with Crippen molar-refractivity contribution in [3.63, 3.8) is 0 Å². The highest BCUT2D eigenvalue weighted by Crippen LogP contribution is 2.04. The van der Waals surface area contributed by atoms with Crippen LogP contribution in [0, 0.1) is 0 Å². The van der Waals surface area contributed by atoms with Crippen molar-refractivity contribution in [3.05, 3.63) is 48.3 Å². The van der Waals surface area contributed by atoms with Gasteiger partial charge in [0.25, 0.3) is 0 Å². The second kappa shape index (κ2) is 3.67. The highest BCUT2D eigenvalue weighted by molar-refractivity contribution is 5.68. The molecular formula is C10H9N3. The topological polar surface area (TPSA) is 41.6 Å². The van der Waals surface area contributed by atoms with Crippen molar-refractivity contribution in [2.45, 2.75) is 0 Å². The van der Waals surface area contributed by atoms with E-state index in [0.717, 1.165) is 11.1 Å². The second-order valence-corrected chi connectivity index (χ2v) is 2.65. The van der Waals surface area contributed by atoms with Gasteiger partial charge in [-0.05, 0) is 11.6 Å². The number of rotatable bonds is 2. The third-order valence-corrected chi connectivity index (χ3v) is 1.67. The fourth-order valence-corrected chi connectivity index (χ4v) is 1.03. The summed E-state index contributed by atoms with van der Waals surface area (Å²) in [5.41, 5.74) is 2.15. The first-order valence-corrected chi connectivity index (χ1v) is 4.01. The van der Waals surface area contributed by atoms with Crippen molar-refractivity contribution in [2.24, 2.45) is 0 Å². The third-order valence-electron chi connectivity index (χ3n) is 1.67. The van der Waals surface area contributed by atoms with Crippen LogP contribution in [0.3, 0.4) is 0 Å². The number of H-pyrrole nitrogens is 1. The lowest BCUT2D eigenvalue weighted by Gasteiger charge is -1.88. The summed E-state index contributed by atoms with van der Waals surface area (Å²) in [4.78, 5) is 10.8. The summed E-state index contributed by atoms with van der Waals surface area (Å²) >= 11 is 0. The number of nitrogens with zero attached hydrogens (tertiary/aromatic N) is 2. The highest BCUT2D eigenvalue weighted by Gasteiger charge is 1.86. The van der Waals surface area contributed by atoms with E-state index in [1.165, 1.54) is 6.33 Å². The Morgan fingerprint density at radius 1 is 1.08 bits per heavy atom. The molecule has 1 N–H and O–H groups in total. The summed E-state index contributed by atoms with van der Waals surface area (Å²) in [5.74, 6) is 0. The molecule has 2 aromatic rings. The Kier molecular flexibility index (Phi) is 2.18. The van der Waals surface area contributed by atoms with Gasteiger partial charge in [-0.25, -0.2) is 9.97 Å². The fraction of sp³-hybridized carbons (Fsp3) is 0. The van der Waals surface area contributed by atoms with Crippen LogP contribution >= 0.6 is 0 Å². The summed E-state index contributed by atoms with van der Waals surface area (Å²) < 4.78 is 0. The first kappa shape index (κ1) is 7.73. The van der Waals surface area contributed by atoms with E-state index >= 15 is 0 Å². The van der Waals surface area contributed by atoms with E-state index in [9.17, 15) is 0 Å². The maximum absolute atomic E-state index is 3.91. The molecule has 2 aromatic heterocycles. The number of aromatic nitrogens is 3. The fourth-order valence-electron chi connectivity index (χ4n) is 1.03. The minimum absolute atomic E-state index is 1.00. The van der Waals surface area contributed by atoms with Gasteiger partial charge in [-0.15, -0.1) is 0 Å². The lowest BCUT2D eigenvalue weighted by atomic mass is 10.2. The molecule has 0 aliphatic heterocycles. The predicted octanol–water partition coefficient (Wildman–Crippen LogP) is 1.98. The van der Waals surface area contributed by atoms with Crippen LogP contribution in [0.25, 0.3) is 12.2 Å². The minimum atomic E-state index is 1.00. The van der Waals surface area contributed by atoms with E-state index in [1.54, 1.807) is 12.4 Å². The molecule has 2 rings (SSSR count). The monoisotopic (exact) mass is 171 g/mol. The number of hydrogen-bond acceptors (Lipinski definition) is 2. The second-order valence-electron chi connectivity index (χ2n) is 2.65. The van der Waals surface area contributed by atoms with Gasteiger partial charge >= 0.3 is 0 Å². The molecule has 0 atom stereocenters. The Bertz CT molecular complexity index is 376. The summed E-state index contributed by atoms with van der Waals surface area (Å²) in [7, 11) is 0. The number of hydrogen-bond donors (Lipinski definition) is 1. The molecule has 0 unspecified atom stereocenters. The zero-order chi connectivity index (χ0) is 8.93. The van der Waals surface area contributed by atoms with Crippen LogP contribution in [0.5, 0.6) is 0 Å². The minimum Gasteiger partial charge on any atom is -0.367 e. The average Bonchev–Trinajstić information content (AvgIpc) is 2.69. The first-order valence-electron chi connectivity index (χ1n) is 4.01. The average molecular weight is 171 g/mol. The molecule has 3 nitrogen and oxygen atoms in total. The molecule has 64 valence electrons. The van der Waals surface area contributed by atoms with Crippen LogP contribution in [0.4, 0.5) is 0 Å².